The first-order valence-electron chi connectivity index (χ1n) is 9.70. The second-order valence-electron chi connectivity index (χ2n) is 7.74. The average Bonchev–Trinajstić information content (AvgIpc) is 3.34. The second kappa shape index (κ2) is 8.90. The van der Waals surface area contributed by atoms with Gasteiger partial charge in [-0.15, -0.1) is 0 Å². The number of nitrogens with zero attached hydrogens (tertiary/aromatic N) is 1. The second-order valence-corrected chi connectivity index (χ2v) is 9.79. The zero-order valence-electron chi connectivity index (χ0n) is 17.0. The topological polar surface area (TPSA) is 77.0 Å². The van der Waals surface area contributed by atoms with Crippen LogP contribution in [0.1, 0.15) is 33.5 Å². The van der Waals surface area contributed by atoms with E-state index >= 15 is 0 Å². The van der Waals surface area contributed by atoms with Gasteiger partial charge in [-0.3, -0.25) is 8.98 Å². The van der Waals surface area contributed by atoms with Gasteiger partial charge in [-0.1, -0.05) is 34.4 Å². The number of halogens is 5. The number of carbonyl (C=O) groups is 1. The van der Waals surface area contributed by atoms with Crippen LogP contribution in [0.4, 0.5) is 13.2 Å². The van der Waals surface area contributed by atoms with Gasteiger partial charge in [0.25, 0.3) is 11.5 Å². The summed E-state index contributed by atoms with van der Waals surface area (Å²) < 4.78 is 58.7. The third-order valence-electron chi connectivity index (χ3n) is 5.39. The van der Waals surface area contributed by atoms with Gasteiger partial charge in [-0.05, 0) is 48.4 Å². The van der Waals surface area contributed by atoms with Gasteiger partial charge >= 0.3 is 6.18 Å². The fourth-order valence-electron chi connectivity index (χ4n) is 3.71. The molecule has 0 spiro atoms. The fourth-order valence-corrected chi connectivity index (χ4v) is 5.15. The Kier molecular flexibility index (Phi) is 6.47. The lowest BCUT2D eigenvalue weighted by Gasteiger charge is -2.29. The van der Waals surface area contributed by atoms with E-state index in [1.165, 1.54) is 18.2 Å². The molecule has 1 saturated heterocycles. The van der Waals surface area contributed by atoms with Crippen molar-refractivity contribution < 1.29 is 31.2 Å². The van der Waals surface area contributed by atoms with E-state index in [1.54, 1.807) is 13.0 Å². The SMILES string of the molecule is Cc1cc(C2=NOC(c3cc(Cl)cc(Cl)c3)(C(F)(F)F)C2)ccc1C(=O)NC1COS(=O)C1. The Labute approximate surface area is 199 Å². The van der Waals surface area contributed by atoms with Crippen molar-refractivity contribution in [2.24, 2.45) is 5.16 Å². The standard InChI is InChI=1S/C21H17Cl2F3N2O4S/c1-11-4-12(2-3-17(11)19(29)27-16-9-31-33(30)10-16)18-8-20(32-28-18,21(24,25)26)13-5-14(22)7-15(23)6-13/h2-7,16H,8-10H2,1H3,(H,27,29). The Morgan fingerprint density at radius 3 is 2.48 bits per heavy atom. The first-order valence-corrected chi connectivity index (χ1v) is 11.7. The van der Waals surface area contributed by atoms with Crippen LogP contribution in [-0.2, 0) is 25.7 Å². The molecular weight excluding hydrogens is 504 g/mol. The van der Waals surface area contributed by atoms with Crippen molar-refractivity contribution in [1.29, 1.82) is 0 Å². The lowest BCUT2D eigenvalue weighted by molar-refractivity contribution is -0.275. The third-order valence-corrected chi connectivity index (χ3v) is 6.90. The quantitative estimate of drug-likeness (QED) is 0.635. The molecule has 3 atom stereocenters. The van der Waals surface area contributed by atoms with Crippen LogP contribution in [0.5, 0.6) is 0 Å². The maximum atomic E-state index is 14.2. The summed E-state index contributed by atoms with van der Waals surface area (Å²) in [5.41, 5.74) is -1.68. The van der Waals surface area contributed by atoms with Gasteiger partial charge in [-0.2, -0.15) is 13.2 Å². The molecule has 2 aromatic rings. The summed E-state index contributed by atoms with van der Waals surface area (Å²) in [7, 11) is 0. The van der Waals surface area contributed by atoms with Crippen molar-refractivity contribution in [2.45, 2.75) is 31.2 Å². The molecule has 1 fully saturated rings. The smallest absolute Gasteiger partial charge is 0.374 e. The number of benzene rings is 2. The minimum Gasteiger partial charge on any atom is -0.374 e. The van der Waals surface area contributed by atoms with Crippen LogP contribution in [0.15, 0.2) is 41.6 Å². The molecule has 6 nitrogen and oxygen atoms in total. The maximum absolute atomic E-state index is 14.2. The molecule has 2 aliphatic heterocycles. The van der Waals surface area contributed by atoms with Gasteiger partial charge in [0.05, 0.1) is 24.1 Å². The number of nitrogens with one attached hydrogen (secondary N) is 1. The number of hydrogen-bond donors (Lipinski definition) is 1. The number of oxime groups is 1. The summed E-state index contributed by atoms with van der Waals surface area (Å²) in [6.45, 7) is 1.81. The summed E-state index contributed by atoms with van der Waals surface area (Å²) >= 11 is 10.4. The van der Waals surface area contributed by atoms with Crippen molar-refractivity contribution >= 4 is 45.9 Å². The highest BCUT2D eigenvalue weighted by Crippen LogP contribution is 2.49. The molecule has 3 unspecified atom stereocenters. The monoisotopic (exact) mass is 520 g/mol. The van der Waals surface area contributed by atoms with E-state index < -0.39 is 35.2 Å². The van der Waals surface area contributed by atoms with E-state index in [-0.39, 0.29) is 39.7 Å². The van der Waals surface area contributed by atoms with Gasteiger partial charge in [0, 0.05) is 27.6 Å². The molecule has 176 valence electrons. The first-order chi connectivity index (χ1) is 15.5. The molecule has 1 amide bonds. The first kappa shape index (κ1) is 24.0. The highest BCUT2D eigenvalue weighted by molar-refractivity contribution is 7.80. The van der Waals surface area contributed by atoms with Gasteiger partial charge in [-0.25, -0.2) is 4.21 Å². The Balaban J connectivity index is 1.58. The number of amides is 1. The zero-order chi connectivity index (χ0) is 24.0. The molecule has 33 heavy (non-hydrogen) atoms. The molecule has 0 aliphatic carbocycles. The van der Waals surface area contributed by atoms with Crippen LogP contribution in [0.25, 0.3) is 0 Å². The van der Waals surface area contributed by atoms with Crippen LogP contribution in [-0.4, -0.2) is 40.4 Å². The maximum Gasteiger partial charge on any atom is 0.435 e. The number of alkyl halides is 3. The van der Waals surface area contributed by atoms with Gasteiger partial charge in [0.1, 0.15) is 0 Å². The van der Waals surface area contributed by atoms with Crippen molar-refractivity contribution in [3.63, 3.8) is 0 Å². The van der Waals surface area contributed by atoms with Crippen molar-refractivity contribution in [3.8, 4) is 0 Å². The van der Waals surface area contributed by atoms with Gasteiger partial charge < -0.3 is 10.2 Å². The zero-order valence-corrected chi connectivity index (χ0v) is 19.4. The van der Waals surface area contributed by atoms with Crippen molar-refractivity contribution in [3.05, 3.63) is 68.7 Å². The lowest BCUT2D eigenvalue weighted by Crippen LogP contribution is -2.42. The minimum atomic E-state index is -4.80. The molecule has 2 heterocycles. The van der Waals surface area contributed by atoms with E-state index in [2.05, 4.69) is 10.5 Å². The highest BCUT2D eigenvalue weighted by Gasteiger charge is 2.62. The molecule has 0 aromatic heterocycles. The summed E-state index contributed by atoms with van der Waals surface area (Å²) in [4.78, 5) is 17.6. The number of hydrogen-bond acceptors (Lipinski definition) is 5. The largest absolute Gasteiger partial charge is 0.435 e. The van der Waals surface area contributed by atoms with Crippen molar-refractivity contribution in [1.82, 2.24) is 5.32 Å². The average molecular weight is 521 g/mol. The predicted molar refractivity (Wildman–Crippen MR) is 118 cm³/mol. The van der Waals surface area contributed by atoms with E-state index in [0.717, 1.165) is 12.1 Å². The molecule has 12 heteroatoms. The van der Waals surface area contributed by atoms with Gasteiger partial charge in [0.2, 0.25) is 0 Å². The predicted octanol–water partition coefficient (Wildman–Crippen LogP) is 4.68. The molecule has 0 radical (unpaired) electrons. The summed E-state index contributed by atoms with van der Waals surface area (Å²) in [5.74, 6) is -0.196. The van der Waals surface area contributed by atoms with Crippen molar-refractivity contribution in [2.75, 3.05) is 12.4 Å². The molecule has 0 bridgehead atoms. The molecule has 1 N–H and O–H groups in total. The van der Waals surface area contributed by atoms with E-state index in [9.17, 15) is 22.2 Å². The molecular formula is C21H17Cl2F3N2O4S. The fraction of sp³-hybridized carbons (Fsp3) is 0.333. The Morgan fingerprint density at radius 2 is 1.91 bits per heavy atom. The van der Waals surface area contributed by atoms with E-state index in [4.69, 9.17) is 32.2 Å². The summed E-state index contributed by atoms with van der Waals surface area (Å²) in [6.07, 6.45) is -5.39. The minimum absolute atomic E-state index is 0.0425. The molecule has 0 saturated carbocycles. The summed E-state index contributed by atoms with van der Waals surface area (Å²) in [6, 6.07) is 7.83. The van der Waals surface area contributed by atoms with Crippen LogP contribution in [0, 0.1) is 6.92 Å². The lowest BCUT2D eigenvalue weighted by atomic mass is 9.86. The van der Waals surface area contributed by atoms with Gasteiger partial charge in [0.15, 0.2) is 11.1 Å². The Morgan fingerprint density at radius 1 is 1.21 bits per heavy atom. The number of rotatable bonds is 4. The Bertz CT molecular complexity index is 1150. The molecule has 2 aliphatic rings. The van der Waals surface area contributed by atoms with Crippen LogP contribution < -0.4 is 5.32 Å². The van der Waals surface area contributed by atoms with E-state index in [0.29, 0.717) is 16.7 Å². The number of carbonyl (C=O) groups excluding carboxylic acids is 1. The van der Waals surface area contributed by atoms with Crippen LogP contribution in [0.3, 0.4) is 0 Å². The summed E-state index contributed by atoms with van der Waals surface area (Å²) in [5, 5.41) is 6.55. The van der Waals surface area contributed by atoms with Crippen LogP contribution in [0.2, 0.25) is 10.0 Å². The van der Waals surface area contributed by atoms with E-state index in [1.807, 2.05) is 0 Å². The molecule has 2 aromatic carbocycles. The third kappa shape index (κ3) is 4.75. The Hall–Kier alpha value is -2.14. The number of aryl methyl sites for hydroxylation is 1. The van der Waals surface area contributed by atoms with Crippen LogP contribution >= 0.6 is 23.2 Å². The normalized spacial score (nSPS) is 25.0. The highest BCUT2D eigenvalue weighted by atomic mass is 35.5. The molecule has 4 rings (SSSR count).